The van der Waals surface area contributed by atoms with Gasteiger partial charge in [0.2, 0.25) is 17.7 Å². The molecular formula is C29H44BrN3O7. The number of hydrogen-bond donors (Lipinski definition) is 2. The van der Waals surface area contributed by atoms with Crippen LogP contribution >= 0.6 is 15.9 Å². The number of hydrogen-bond acceptors (Lipinski definition) is 7. The Morgan fingerprint density at radius 3 is 2.60 bits per heavy atom. The maximum Gasteiger partial charge on any atom is 0.312 e. The van der Waals surface area contributed by atoms with E-state index in [1.807, 2.05) is 20.8 Å². The number of fused-ring (bicyclic) bond motifs is 1. The number of nitrogens with zero attached hydrogens (tertiary/aromatic N) is 2. The third-order valence-electron chi connectivity index (χ3n) is 7.97. The van der Waals surface area contributed by atoms with Gasteiger partial charge in [-0.2, -0.15) is 0 Å². The highest BCUT2D eigenvalue weighted by Crippen LogP contribution is 2.60. The van der Waals surface area contributed by atoms with E-state index in [-0.39, 0.29) is 42.2 Å². The number of alkyl halides is 1. The van der Waals surface area contributed by atoms with Gasteiger partial charge in [0.25, 0.3) is 0 Å². The fraction of sp³-hybridized carbons (Fsp3) is 0.724. The minimum absolute atomic E-state index is 0.0290. The van der Waals surface area contributed by atoms with Crippen LogP contribution in [-0.4, -0.2) is 99.1 Å². The van der Waals surface area contributed by atoms with Gasteiger partial charge in [0.05, 0.1) is 24.5 Å². The van der Waals surface area contributed by atoms with Crippen molar-refractivity contribution in [1.82, 2.24) is 15.1 Å². The Balaban J connectivity index is 1.89. The van der Waals surface area contributed by atoms with Gasteiger partial charge in [-0.3, -0.25) is 19.2 Å². The third kappa shape index (κ3) is 6.31. The summed E-state index contributed by atoms with van der Waals surface area (Å²) in [6, 6.07) is -0.924. The summed E-state index contributed by atoms with van der Waals surface area (Å²) >= 11 is 3.66. The first-order valence-corrected chi connectivity index (χ1v) is 15.0. The van der Waals surface area contributed by atoms with E-state index in [2.05, 4.69) is 34.4 Å². The number of carbonyl (C=O) groups is 4. The minimum Gasteiger partial charge on any atom is -0.460 e. The topological polar surface area (TPSA) is 125 Å². The molecule has 0 aliphatic carbocycles. The molecule has 0 radical (unpaired) electrons. The van der Waals surface area contributed by atoms with Crippen molar-refractivity contribution in [3.63, 3.8) is 0 Å². The second-order valence-corrected chi connectivity index (χ2v) is 13.1. The molecule has 0 aromatic heterocycles. The van der Waals surface area contributed by atoms with Crippen molar-refractivity contribution in [3.8, 4) is 0 Å². The number of nitrogens with one attached hydrogen (secondary N) is 1. The highest BCUT2D eigenvalue weighted by Gasteiger charge is 2.77. The van der Waals surface area contributed by atoms with E-state index in [9.17, 15) is 24.3 Å². The first-order chi connectivity index (χ1) is 18.8. The number of unbranched alkanes of at least 4 members (excludes halogenated alkanes) is 1. The molecule has 3 amide bonds. The zero-order valence-corrected chi connectivity index (χ0v) is 25.7. The zero-order valence-electron chi connectivity index (χ0n) is 24.1. The van der Waals surface area contributed by atoms with E-state index in [0.29, 0.717) is 38.6 Å². The van der Waals surface area contributed by atoms with Crippen molar-refractivity contribution in [1.29, 1.82) is 0 Å². The summed E-state index contributed by atoms with van der Waals surface area (Å²) in [6.07, 6.45) is 4.28. The average molecular weight is 627 g/mol. The lowest BCUT2D eigenvalue weighted by Crippen LogP contribution is -2.60. The number of rotatable bonds is 14. The number of aliphatic hydroxyl groups excluding tert-OH is 1. The molecule has 3 aliphatic heterocycles. The molecule has 2 bridgehead atoms. The van der Waals surface area contributed by atoms with Crippen molar-refractivity contribution < 1.29 is 33.8 Å². The van der Waals surface area contributed by atoms with Gasteiger partial charge in [0.1, 0.15) is 17.7 Å². The maximum atomic E-state index is 14.3. The average Bonchev–Trinajstić information content (AvgIpc) is 3.47. The van der Waals surface area contributed by atoms with E-state index in [0.717, 1.165) is 0 Å². The van der Waals surface area contributed by atoms with Crippen LogP contribution in [0.1, 0.15) is 59.8 Å². The van der Waals surface area contributed by atoms with Crippen LogP contribution in [0.25, 0.3) is 0 Å². The minimum atomic E-state index is -1.19. The van der Waals surface area contributed by atoms with Crippen LogP contribution in [0, 0.1) is 11.8 Å². The Hall–Kier alpha value is -2.24. The number of carbonyl (C=O) groups excluding carboxylic acids is 4. The summed E-state index contributed by atoms with van der Waals surface area (Å²) < 4.78 is 12.2. The van der Waals surface area contributed by atoms with Gasteiger partial charge in [-0.1, -0.05) is 28.1 Å². The van der Waals surface area contributed by atoms with Crippen LogP contribution < -0.4 is 5.32 Å². The highest BCUT2D eigenvalue weighted by molar-refractivity contribution is 9.09. The fourth-order valence-electron chi connectivity index (χ4n) is 6.18. The van der Waals surface area contributed by atoms with E-state index in [1.54, 1.807) is 28.9 Å². The number of allylic oxidation sites excluding steroid dienone is 1. The Labute approximate surface area is 245 Å². The number of esters is 1. The molecule has 11 heteroatoms. The first-order valence-electron chi connectivity index (χ1n) is 14.1. The standard InChI is InChI=1S/C29H44BrN3O7/c1-7-9-12-20(35)31-17-18(3)39-27(38)21-22-25(36)32(14-10-11-15-34)24(29(22)16-19(30)23(21)40-29)26(37)33(13-8-2)28(4,5)6/h7-8,18-19,21-24,34H,1-2,9-17H2,3-6H3,(H,31,35)/t18-,19?,21+,22-,23+,24+,29-/m1/s1. The predicted molar refractivity (Wildman–Crippen MR) is 153 cm³/mol. The number of halogens is 1. The Morgan fingerprint density at radius 2 is 2.00 bits per heavy atom. The molecule has 224 valence electrons. The van der Waals surface area contributed by atoms with Crippen LogP contribution in [-0.2, 0) is 28.7 Å². The molecule has 1 spiro atoms. The molecule has 40 heavy (non-hydrogen) atoms. The monoisotopic (exact) mass is 625 g/mol. The van der Waals surface area contributed by atoms with Gasteiger partial charge in [-0.15, -0.1) is 13.2 Å². The fourth-order valence-corrected chi connectivity index (χ4v) is 7.12. The van der Waals surface area contributed by atoms with E-state index in [1.165, 1.54) is 0 Å². The molecule has 3 heterocycles. The maximum absolute atomic E-state index is 14.3. The summed E-state index contributed by atoms with van der Waals surface area (Å²) in [7, 11) is 0. The first kappa shape index (κ1) is 32.3. The number of likely N-dealkylation sites (tertiary alicyclic amines) is 1. The smallest absolute Gasteiger partial charge is 0.312 e. The molecule has 1 unspecified atom stereocenters. The molecule has 0 saturated carbocycles. The summed E-state index contributed by atoms with van der Waals surface area (Å²) in [5.41, 5.74) is -1.74. The molecule has 3 fully saturated rings. The lowest BCUT2D eigenvalue weighted by Gasteiger charge is -2.42. The summed E-state index contributed by atoms with van der Waals surface area (Å²) in [5.74, 6) is -3.08. The lowest BCUT2D eigenvalue weighted by atomic mass is 9.70. The Morgan fingerprint density at radius 1 is 1.30 bits per heavy atom. The Bertz CT molecular complexity index is 999. The van der Waals surface area contributed by atoms with Gasteiger partial charge >= 0.3 is 5.97 Å². The van der Waals surface area contributed by atoms with Crippen LogP contribution in [0.2, 0.25) is 0 Å². The van der Waals surface area contributed by atoms with Crippen molar-refractivity contribution in [2.75, 3.05) is 26.2 Å². The van der Waals surface area contributed by atoms with Crippen LogP contribution in [0.15, 0.2) is 25.3 Å². The lowest BCUT2D eigenvalue weighted by molar-refractivity contribution is -0.159. The van der Waals surface area contributed by atoms with Crippen LogP contribution in [0.4, 0.5) is 0 Å². The van der Waals surface area contributed by atoms with Crippen molar-refractivity contribution in [2.24, 2.45) is 11.8 Å². The normalized spacial score (nSPS) is 29.6. The molecule has 10 nitrogen and oxygen atoms in total. The van der Waals surface area contributed by atoms with E-state index < -0.39 is 47.2 Å². The molecule has 3 rings (SSSR count). The largest absolute Gasteiger partial charge is 0.460 e. The number of amides is 3. The molecule has 0 aromatic carbocycles. The van der Waals surface area contributed by atoms with E-state index >= 15 is 0 Å². The summed E-state index contributed by atoms with van der Waals surface area (Å²) in [6.45, 7) is 15.5. The van der Waals surface area contributed by atoms with Crippen LogP contribution in [0.5, 0.6) is 0 Å². The molecule has 3 saturated heterocycles. The molecule has 3 aliphatic rings. The second kappa shape index (κ2) is 13.2. The Kier molecular flexibility index (Phi) is 10.6. The summed E-state index contributed by atoms with van der Waals surface area (Å²) in [4.78, 5) is 56.8. The van der Waals surface area contributed by atoms with Crippen molar-refractivity contribution >= 4 is 39.6 Å². The van der Waals surface area contributed by atoms with Gasteiger partial charge in [-0.25, -0.2) is 0 Å². The second-order valence-electron chi connectivity index (χ2n) is 11.9. The SMILES string of the molecule is C=CCCC(=O)NC[C@@H](C)OC(=O)[C@@H]1[C@H]2O[C@@]3(CC2Br)[C@H](C(=O)N(CC=C)C(C)(C)C)N(CCCCO)C(=O)[C@@H]13. The quantitative estimate of drug-likeness (QED) is 0.131. The molecular weight excluding hydrogens is 582 g/mol. The molecule has 2 N–H and O–H groups in total. The predicted octanol–water partition coefficient (Wildman–Crippen LogP) is 2.33. The van der Waals surface area contributed by atoms with Gasteiger partial charge < -0.3 is 29.7 Å². The third-order valence-corrected chi connectivity index (χ3v) is 8.81. The summed E-state index contributed by atoms with van der Waals surface area (Å²) in [5, 5.41) is 12.1. The molecule has 0 aromatic rings. The molecule has 7 atom stereocenters. The van der Waals surface area contributed by atoms with Gasteiger partial charge in [0, 0.05) is 36.5 Å². The number of aliphatic hydroxyl groups is 1. The van der Waals surface area contributed by atoms with Gasteiger partial charge in [-0.05, 0) is 53.4 Å². The highest BCUT2D eigenvalue weighted by atomic mass is 79.9. The van der Waals surface area contributed by atoms with Crippen molar-refractivity contribution in [3.05, 3.63) is 25.3 Å². The van der Waals surface area contributed by atoms with E-state index in [4.69, 9.17) is 9.47 Å². The van der Waals surface area contributed by atoms with Gasteiger partial charge in [0.15, 0.2) is 0 Å². The van der Waals surface area contributed by atoms with Crippen LogP contribution in [0.3, 0.4) is 0 Å². The zero-order chi connectivity index (χ0) is 29.8. The number of ether oxygens (including phenoxy) is 2. The van der Waals surface area contributed by atoms with Crippen molar-refractivity contribution in [2.45, 2.75) is 94.0 Å².